The smallest absolute Gasteiger partial charge is 0.410 e. The number of hydrogen-bond acceptors (Lipinski definition) is 4. The molecule has 0 unspecified atom stereocenters. The van der Waals surface area contributed by atoms with Gasteiger partial charge in [-0.1, -0.05) is 0 Å². The van der Waals surface area contributed by atoms with Crippen molar-refractivity contribution in [3.8, 4) is 0 Å². The van der Waals surface area contributed by atoms with Crippen LogP contribution in [0.15, 0.2) is 18.5 Å². The molecule has 1 amide bonds. The van der Waals surface area contributed by atoms with Crippen molar-refractivity contribution < 1.29 is 19.4 Å². The van der Waals surface area contributed by atoms with Crippen LogP contribution >= 0.6 is 0 Å². The molecule has 0 aliphatic carbocycles. The highest BCUT2D eigenvalue weighted by Gasteiger charge is 2.33. The van der Waals surface area contributed by atoms with Crippen LogP contribution in [-0.4, -0.2) is 50.5 Å². The minimum absolute atomic E-state index is 0.283. The van der Waals surface area contributed by atoms with E-state index in [0.29, 0.717) is 25.6 Å². The summed E-state index contributed by atoms with van der Waals surface area (Å²) >= 11 is 0. The highest BCUT2D eigenvalue weighted by Crippen LogP contribution is 2.21. The van der Waals surface area contributed by atoms with Gasteiger partial charge in [0.25, 0.3) is 0 Å². The highest BCUT2D eigenvalue weighted by molar-refractivity contribution is 5.85. The first kappa shape index (κ1) is 16.1. The molecule has 1 aliphatic heterocycles. The van der Waals surface area contributed by atoms with E-state index in [1.807, 2.05) is 20.8 Å². The minimum atomic E-state index is -0.986. The maximum atomic E-state index is 11.8. The Kier molecular flexibility index (Phi) is 4.54. The summed E-state index contributed by atoms with van der Waals surface area (Å²) in [5.41, 5.74) is 0.265. The van der Waals surface area contributed by atoms with Crippen LogP contribution < -0.4 is 0 Å². The first-order valence-corrected chi connectivity index (χ1v) is 7.14. The van der Waals surface area contributed by atoms with Gasteiger partial charge >= 0.3 is 12.1 Å². The molecule has 0 aromatic carbocycles. The van der Waals surface area contributed by atoms with Gasteiger partial charge in [0.15, 0.2) is 0 Å². The molecule has 1 aliphatic rings. The van der Waals surface area contributed by atoms with Gasteiger partial charge < -0.3 is 14.7 Å². The fourth-order valence-corrected chi connectivity index (χ4v) is 2.16. The third kappa shape index (κ3) is 4.61. The highest BCUT2D eigenvalue weighted by atomic mass is 16.6. The van der Waals surface area contributed by atoms with Crippen molar-refractivity contribution in [2.45, 2.75) is 32.9 Å². The topological polar surface area (TPSA) is 84.7 Å². The van der Waals surface area contributed by atoms with Gasteiger partial charge in [-0.3, -0.25) is 4.68 Å². The molecular formula is C15H21N3O4. The first-order valence-electron chi connectivity index (χ1n) is 7.14. The number of amides is 1. The summed E-state index contributed by atoms with van der Waals surface area (Å²) in [5, 5.41) is 12.8. The van der Waals surface area contributed by atoms with Gasteiger partial charge in [-0.25, -0.2) is 9.59 Å². The lowest BCUT2D eigenvalue weighted by atomic mass is 10.0. The Hall–Kier alpha value is -2.31. The van der Waals surface area contributed by atoms with Crippen molar-refractivity contribution in [3.63, 3.8) is 0 Å². The molecule has 1 fully saturated rings. The molecule has 1 saturated heterocycles. The Morgan fingerprint density at radius 2 is 2.14 bits per heavy atom. The molecule has 22 heavy (non-hydrogen) atoms. The van der Waals surface area contributed by atoms with Crippen molar-refractivity contribution in [1.82, 2.24) is 14.7 Å². The molecule has 0 radical (unpaired) electrons. The number of carbonyl (C=O) groups is 2. The summed E-state index contributed by atoms with van der Waals surface area (Å²) < 4.78 is 7.06. The number of likely N-dealkylation sites (tertiary alicyclic amines) is 1. The lowest BCUT2D eigenvalue weighted by Crippen LogP contribution is -2.52. The van der Waals surface area contributed by atoms with E-state index >= 15 is 0 Å². The van der Waals surface area contributed by atoms with Crippen molar-refractivity contribution in [1.29, 1.82) is 0 Å². The van der Waals surface area contributed by atoms with Gasteiger partial charge in [0, 0.05) is 43.4 Å². The maximum Gasteiger partial charge on any atom is 0.410 e. The second-order valence-electron chi connectivity index (χ2n) is 6.42. The predicted molar refractivity (Wildman–Crippen MR) is 80.2 cm³/mol. The van der Waals surface area contributed by atoms with E-state index in [0.717, 1.165) is 11.6 Å². The fraction of sp³-hybridized carbons (Fsp3) is 0.533. The zero-order valence-corrected chi connectivity index (χ0v) is 13.0. The number of hydrogen-bond donors (Lipinski definition) is 1. The molecule has 1 aromatic rings. The molecule has 0 atom stereocenters. The lowest BCUT2D eigenvalue weighted by molar-refractivity contribution is -0.131. The monoisotopic (exact) mass is 307 g/mol. The summed E-state index contributed by atoms with van der Waals surface area (Å²) in [6, 6.07) is 0. The number of rotatable bonds is 4. The van der Waals surface area contributed by atoms with Crippen LogP contribution in [0.2, 0.25) is 0 Å². The van der Waals surface area contributed by atoms with Crippen LogP contribution in [0.4, 0.5) is 4.79 Å². The summed E-state index contributed by atoms with van der Waals surface area (Å²) in [7, 11) is 0. The summed E-state index contributed by atoms with van der Waals surface area (Å²) in [5.74, 6) is -0.650. The van der Waals surface area contributed by atoms with Crippen LogP contribution in [-0.2, 0) is 16.1 Å². The first-order chi connectivity index (χ1) is 10.2. The summed E-state index contributed by atoms with van der Waals surface area (Å²) in [6.07, 6.45) is 5.70. The lowest BCUT2D eigenvalue weighted by Gasteiger charge is -2.39. The second-order valence-corrected chi connectivity index (χ2v) is 6.42. The number of ether oxygens (including phenoxy) is 1. The third-order valence-corrected chi connectivity index (χ3v) is 3.13. The van der Waals surface area contributed by atoms with Crippen LogP contribution in [0.1, 0.15) is 26.3 Å². The fourth-order valence-electron chi connectivity index (χ4n) is 2.16. The molecule has 1 N–H and O–H groups in total. The number of aliphatic carboxylic acids is 1. The van der Waals surface area contributed by atoms with E-state index in [9.17, 15) is 9.59 Å². The molecule has 1 aromatic heterocycles. The maximum absolute atomic E-state index is 11.8. The molecule has 2 rings (SSSR count). The number of aromatic nitrogens is 2. The zero-order valence-electron chi connectivity index (χ0n) is 13.0. The molecule has 0 spiro atoms. The minimum Gasteiger partial charge on any atom is -0.478 e. The van der Waals surface area contributed by atoms with Crippen molar-refractivity contribution in [3.05, 3.63) is 24.0 Å². The number of carboxylic acids is 1. The van der Waals surface area contributed by atoms with Gasteiger partial charge in [0.1, 0.15) is 5.60 Å². The largest absolute Gasteiger partial charge is 0.478 e. The average molecular weight is 307 g/mol. The Balaban J connectivity index is 1.78. The molecule has 7 heteroatoms. The van der Waals surface area contributed by atoms with Crippen LogP contribution in [0, 0.1) is 5.92 Å². The molecule has 0 saturated carbocycles. The van der Waals surface area contributed by atoms with Gasteiger partial charge in [-0.15, -0.1) is 0 Å². The molecule has 0 bridgehead atoms. The van der Waals surface area contributed by atoms with E-state index < -0.39 is 11.6 Å². The Labute approximate surface area is 129 Å². The van der Waals surface area contributed by atoms with Crippen molar-refractivity contribution >= 4 is 18.1 Å². The van der Waals surface area contributed by atoms with Crippen LogP contribution in [0.3, 0.4) is 0 Å². The zero-order chi connectivity index (χ0) is 16.3. The van der Waals surface area contributed by atoms with Gasteiger partial charge in [-0.2, -0.15) is 5.10 Å². The number of carbonyl (C=O) groups excluding carboxylic acids is 1. The Morgan fingerprint density at radius 3 is 2.73 bits per heavy atom. The summed E-state index contributed by atoms with van der Waals surface area (Å²) in [4.78, 5) is 23.9. The standard InChI is InChI=1S/C15H21N3O4/c1-15(2,3)22-14(21)17-7-12(8-17)10-18-9-11(6-16-18)4-5-13(19)20/h4-6,9,12H,7-8,10H2,1-3H3,(H,19,20)/b5-4+. The van der Waals surface area contributed by atoms with E-state index in [2.05, 4.69) is 5.10 Å². The van der Waals surface area contributed by atoms with E-state index in [1.54, 1.807) is 22.0 Å². The van der Waals surface area contributed by atoms with Crippen molar-refractivity contribution in [2.75, 3.05) is 13.1 Å². The molecule has 2 heterocycles. The molecular weight excluding hydrogens is 286 g/mol. The van der Waals surface area contributed by atoms with Crippen LogP contribution in [0.5, 0.6) is 0 Å². The summed E-state index contributed by atoms with van der Waals surface area (Å²) in [6.45, 7) is 7.53. The second kappa shape index (κ2) is 6.21. The number of nitrogens with zero attached hydrogens (tertiary/aromatic N) is 3. The Bertz CT molecular complexity index is 580. The normalized spacial score (nSPS) is 15.9. The van der Waals surface area contributed by atoms with Gasteiger partial charge in [0.2, 0.25) is 0 Å². The van der Waals surface area contributed by atoms with E-state index in [4.69, 9.17) is 9.84 Å². The Morgan fingerprint density at radius 1 is 1.45 bits per heavy atom. The molecule has 7 nitrogen and oxygen atoms in total. The quantitative estimate of drug-likeness (QED) is 0.858. The van der Waals surface area contributed by atoms with Crippen molar-refractivity contribution in [2.24, 2.45) is 5.92 Å². The van der Waals surface area contributed by atoms with Gasteiger partial charge in [-0.05, 0) is 26.8 Å². The van der Waals surface area contributed by atoms with Gasteiger partial charge in [0.05, 0.1) is 6.20 Å². The average Bonchev–Trinajstić information content (AvgIpc) is 2.76. The number of carboxylic acid groups (broad SMARTS) is 1. The predicted octanol–water partition coefficient (Wildman–Crippen LogP) is 1.85. The molecule has 120 valence electrons. The third-order valence-electron chi connectivity index (χ3n) is 3.13. The van der Waals surface area contributed by atoms with Crippen LogP contribution in [0.25, 0.3) is 6.08 Å². The van der Waals surface area contributed by atoms with E-state index in [-0.39, 0.29) is 6.09 Å². The SMILES string of the molecule is CC(C)(C)OC(=O)N1CC(Cn2cc(/C=C/C(=O)O)cn2)C1. The van der Waals surface area contributed by atoms with E-state index in [1.165, 1.54) is 6.08 Å².